The van der Waals surface area contributed by atoms with Crippen molar-refractivity contribution in [2.24, 2.45) is 0 Å². The molecule has 0 radical (unpaired) electrons. The van der Waals surface area contributed by atoms with Gasteiger partial charge in [-0.25, -0.2) is 4.79 Å². The fourth-order valence-electron chi connectivity index (χ4n) is 2.66. The molecule has 0 saturated carbocycles. The second kappa shape index (κ2) is 5.82. The maximum absolute atomic E-state index is 12.3. The number of likely N-dealkylation sites (tertiary alicyclic amines) is 1. The Morgan fingerprint density at radius 3 is 2.85 bits per heavy atom. The highest BCUT2D eigenvalue weighted by Crippen LogP contribution is 2.31. The Bertz CT molecular complexity index is 551. The molecule has 1 aliphatic rings. The van der Waals surface area contributed by atoms with E-state index in [1.807, 2.05) is 47.4 Å². The van der Waals surface area contributed by atoms with E-state index in [2.05, 4.69) is 5.32 Å². The molecule has 2 aromatic rings. The summed E-state index contributed by atoms with van der Waals surface area (Å²) in [5, 5.41) is 2.98. The Hall–Kier alpha value is -2.23. The van der Waals surface area contributed by atoms with Crippen molar-refractivity contribution in [2.75, 3.05) is 6.54 Å². The average Bonchev–Trinajstić information content (AvgIpc) is 3.15. The number of carbonyl (C=O) groups is 1. The maximum Gasteiger partial charge on any atom is 0.318 e. The van der Waals surface area contributed by atoms with Crippen LogP contribution in [0.5, 0.6) is 0 Å². The van der Waals surface area contributed by atoms with Gasteiger partial charge in [-0.15, -0.1) is 0 Å². The minimum absolute atomic E-state index is 0.0206. The summed E-state index contributed by atoms with van der Waals surface area (Å²) in [6.07, 6.45) is 3.64. The molecule has 1 saturated heterocycles. The second-order valence-electron chi connectivity index (χ2n) is 5.01. The molecule has 4 heteroatoms. The SMILES string of the molecule is O=C(NCc1ccccc1)N1CCCC1c1ccco1. The van der Waals surface area contributed by atoms with Crippen LogP contribution in [0, 0.1) is 0 Å². The summed E-state index contributed by atoms with van der Waals surface area (Å²) in [5.41, 5.74) is 1.11. The van der Waals surface area contributed by atoms with E-state index in [9.17, 15) is 4.79 Å². The second-order valence-corrected chi connectivity index (χ2v) is 5.01. The molecule has 104 valence electrons. The average molecular weight is 270 g/mol. The van der Waals surface area contributed by atoms with Crippen LogP contribution in [0.2, 0.25) is 0 Å². The number of furan rings is 1. The van der Waals surface area contributed by atoms with E-state index in [0.717, 1.165) is 30.7 Å². The Labute approximate surface area is 118 Å². The molecular weight excluding hydrogens is 252 g/mol. The Kier molecular flexibility index (Phi) is 3.72. The van der Waals surface area contributed by atoms with Gasteiger partial charge in [0.15, 0.2) is 0 Å². The van der Waals surface area contributed by atoms with Gasteiger partial charge < -0.3 is 14.6 Å². The largest absolute Gasteiger partial charge is 0.467 e. The summed E-state index contributed by atoms with van der Waals surface area (Å²) in [4.78, 5) is 14.2. The number of amides is 2. The molecule has 20 heavy (non-hydrogen) atoms. The van der Waals surface area contributed by atoms with Crippen LogP contribution in [0.4, 0.5) is 4.79 Å². The molecular formula is C16H18N2O2. The molecule has 4 nitrogen and oxygen atoms in total. The molecule has 1 N–H and O–H groups in total. The predicted molar refractivity (Wildman–Crippen MR) is 76.1 cm³/mol. The Morgan fingerprint density at radius 1 is 1.25 bits per heavy atom. The predicted octanol–water partition coefficient (Wildman–Crippen LogP) is 3.33. The van der Waals surface area contributed by atoms with Crippen LogP contribution in [0.1, 0.15) is 30.2 Å². The number of rotatable bonds is 3. The van der Waals surface area contributed by atoms with Crippen molar-refractivity contribution in [1.29, 1.82) is 0 Å². The zero-order valence-electron chi connectivity index (χ0n) is 11.3. The molecule has 1 aromatic heterocycles. The third-order valence-electron chi connectivity index (χ3n) is 3.67. The van der Waals surface area contributed by atoms with E-state index in [1.165, 1.54) is 0 Å². The van der Waals surface area contributed by atoms with Crippen LogP contribution in [-0.4, -0.2) is 17.5 Å². The number of nitrogens with one attached hydrogen (secondary N) is 1. The highest BCUT2D eigenvalue weighted by molar-refractivity contribution is 5.75. The van der Waals surface area contributed by atoms with E-state index in [-0.39, 0.29) is 12.1 Å². The highest BCUT2D eigenvalue weighted by Gasteiger charge is 2.31. The standard InChI is InChI=1S/C16H18N2O2/c19-16(17-12-13-6-2-1-3-7-13)18-10-4-8-14(18)15-9-5-11-20-15/h1-3,5-7,9,11,14H,4,8,10,12H2,(H,17,19). The molecule has 1 aliphatic heterocycles. The first-order valence-electron chi connectivity index (χ1n) is 6.96. The van der Waals surface area contributed by atoms with E-state index in [0.29, 0.717) is 6.54 Å². The number of carbonyl (C=O) groups excluding carboxylic acids is 1. The van der Waals surface area contributed by atoms with Crippen LogP contribution < -0.4 is 5.32 Å². The zero-order chi connectivity index (χ0) is 13.8. The van der Waals surface area contributed by atoms with Crippen LogP contribution in [0.25, 0.3) is 0 Å². The van der Waals surface area contributed by atoms with Crippen LogP contribution in [0.3, 0.4) is 0 Å². The lowest BCUT2D eigenvalue weighted by Gasteiger charge is -2.23. The minimum Gasteiger partial charge on any atom is -0.467 e. The lowest BCUT2D eigenvalue weighted by Crippen LogP contribution is -2.39. The van der Waals surface area contributed by atoms with Crippen LogP contribution >= 0.6 is 0 Å². The smallest absolute Gasteiger partial charge is 0.318 e. The van der Waals surface area contributed by atoms with Gasteiger partial charge in [-0.2, -0.15) is 0 Å². The Morgan fingerprint density at radius 2 is 2.10 bits per heavy atom. The fourth-order valence-corrected chi connectivity index (χ4v) is 2.66. The summed E-state index contributed by atoms with van der Waals surface area (Å²) < 4.78 is 5.44. The van der Waals surface area contributed by atoms with Crippen molar-refractivity contribution in [3.63, 3.8) is 0 Å². The van der Waals surface area contributed by atoms with Gasteiger partial charge >= 0.3 is 6.03 Å². The van der Waals surface area contributed by atoms with Gasteiger partial charge in [-0.1, -0.05) is 30.3 Å². The van der Waals surface area contributed by atoms with Crippen molar-refractivity contribution < 1.29 is 9.21 Å². The van der Waals surface area contributed by atoms with Gasteiger partial charge in [0.2, 0.25) is 0 Å². The van der Waals surface area contributed by atoms with Crippen molar-refractivity contribution >= 4 is 6.03 Å². The van der Waals surface area contributed by atoms with Gasteiger partial charge in [0.25, 0.3) is 0 Å². The van der Waals surface area contributed by atoms with E-state index in [4.69, 9.17) is 4.42 Å². The number of nitrogens with zero attached hydrogens (tertiary/aromatic N) is 1. The summed E-state index contributed by atoms with van der Waals surface area (Å²) in [6.45, 7) is 1.34. The zero-order valence-corrected chi connectivity index (χ0v) is 11.3. The van der Waals surface area contributed by atoms with Crippen molar-refractivity contribution in [3.05, 3.63) is 60.1 Å². The van der Waals surface area contributed by atoms with Crippen molar-refractivity contribution in [2.45, 2.75) is 25.4 Å². The molecule has 1 aromatic carbocycles. The maximum atomic E-state index is 12.3. The van der Waals surface area contributed by atoms with E-state index < -0.39 is 0 Å². The number of hydrogen-bond donors (Lipinski definition) is 1. The monoisotopic (exact) mass is 270 g/mol. The fraction of sp³-hybridized carbons (Fsp3) is 0.312. The van der Waals surface area contributed by atoms with Gasteiger partial charge in [-0.3, -0.25) is 0 Å². The van der Waals surface area contributed by atoms with Crippen molar-refractivity contribution in [1.82, 2.24) is 10.2 Å². The lowest BCUT2D eigenvalue weighted by atomic mass is 10.2. The van der Waals surface area contributed by atoms with Crippen LogP contribution in [0.15, 0.2) is 53.1 Å². The topological polar surface area (TPSA) is 45.5 Å². The van der Waals surface area contributed by atoms with Gasteiger partial charge in [0.1, 0.15) is 5.76 Å². The summed E-state index contributed by atoms with van der Waals surface area (Å²) in [6, 6.07) is 13.8. The third kappa shape index (κ3) is 2.69. The lowest BCUT2D eigenvalue weighted by molar-refractivity contribution is 0.186. The normalized spacial score (nSPS) is 18.2. The molecule has 1 fully saturated rings. The molecule has 1 unspecified atom stereocenters. The first-order chi connectivity index (χ1) is 9.84. The molecule has 0 aliphatic carbocycles. The molecule has 2 heterocycles. The molecule has 3 rings (SSSR count). The molecule has 1 atom stereocenters. The van der Waals surface area contributed by atoms with Crippen molar-refractivity contribution in [3.8, 4) is 0 Å². The highest BCUT2D eigenvalue weighted by atomic mass is 16.3. The summed E-state index contributed by atoms with van der Waals surface area (Å²) in [7, 11) is 0. The summed E-state index contributed by atoms with van der Waals surface area (Å²) >= 11 is 0. The number of benzene rings is 1. The minimum atomic E-state index is -0.0206. The Balaban J connectivity index is 1.62. The van der Waals surface area contributed by atoms with Gasteiger partial charge in [0, 0.05) is 13.1 Å². The third-order valence-corrected chi connectivity index (χ3v) is 3.67. The quantitative estimate of drug-likeness (QED) is 0.929. The molecule has 2 amide bonds. The van der Waals surface area contributed by atoms with Crippen LogP contribution in [-0.2, 0) is 6.54 Å². The number of hydrogen-bond acceptors (Lipinski definition) is 2. The van der Waals surface area contributed by atoms with E-state index in [1.54, 1.807) is 6.26 Å². The first-order valence-corrected chi connectivity index (χ1v) is 6.96. The molecule has 0 bridgehead atoms. The number of urea groups is 1. The summed E-state index contributed by atoms with van der Waals surface area (Å²) in [5.74, 6) is 0.873. The molecule has 0 spiro atoms. The van der Waals surface area contributed by atoms with E-state index >= 15 is 0 Å². The van der Waals surface area contributed by atoms with Gasteiger partial charge in [-0.05, 0) is 30.5 Å². The van der Waals surface area contributed by atoms with Gasteiger partial charge in [0.05, 0.1) is 12.3 Å². The first kappa shape index (κ1) is 12.8.